The van der Waals surface area contributed by atoms with Gasteiger partial charge in [-0.15, -0.1) is 0 Å². The largest absolute Gasteiger partial charge is 0.309 e. The number of pyridine rings is 2. The first-order valence-corrected chi connectivity index (χ1v) is 10.8. The minimum absolute atomic E-state index is 0.0863. The molecule has 0 saturated heterocycles. The molecule has 5 heteroatoms. The molecule has 5 nitrogen and oxygen atoms in total. The number of Topliss-reactive ketones (excluding diaryl/α,β-unsaturated/α-hetero) is 1. The van der Waals surface area contributed by atoms with E-state index in [-0.39, 0.29) is 23.7 Å². The van der Waals surface area contributed by atoms with Crippen LogP contribution in [0.2, 0.25) is 0 Å². The Kier molecular flexibility index (Phi) is 8.68. The predicted molar refractivity (Wildman–Crippen MR) is 124 cm³/mol. The van der Waals surface area contributed by atoms with Crippen LogP contribution in [-0.4, -0.2) is 66.8 Å². The summed E-state index contributed by atoms with van der Waals surface area (Å²) in [4.78, 5) is 26.7. The van der Waals surface area contributed by atoms with E-state index in [0.717, 1.165) is 24.5 Å². The summed E-state index contributed by atoms with van der Waals surface area (Å²) in [5.74, 6) is 0.415. The van der Waals surface area contributed by atoms with Crippen LogP contribution in [0.15, 0.2) is 36.7 Å². The minimum Gasteiger partial charge on any atom is -0.309 e. The maximum atomic E-state index is 13.7. The molecular formula is C25H38N4O. The van der Waals surface area contributed by atoms with Gasteiger partial charge in [0.25, 0.3) is 0 Å². The Balaban J connectivity index is 2.34. The van der Waals surface area contributed by atoms with Crippen molar-refractivity contribution >= 4 is 5.78 Å². The highest BCUT2D eigenvalue weighted by atomic mass is 16.1. The molecule has 0 N–H and O–H groups in total. The van der Waals surface area contributed by atoms with Crippen molar-refractivity contribution in [3.8, 4) is 0 Å². The highest BCUT2D eigenvalue weighted by Gasteiger charge is 2.34. The van der Waals surface area contributed by atoms with Gasteiger partial charge in [-0.25, -0.2) is 0 Å². The zero-order valence-electron chi connectivity index (χ0n) is 19.9. The Bertz CT molecular complexity index is 766. The van der Waals surface area contributed by atoms with E-state index < -0.39 is 0 Å². The monoisotopic (exact) mass is 410 g/mol. The van der Waals surface area contributed by atoms with E-state index in [1.807, 2.05) is 26.2 Å². The number of nitrogens with zero attached hydrogens (tertiary/aromatic N) is 4. The second-order valence-corrected chi connectivity index (χ2v) is 9.18. The van der Waals surface area contributed by atoms with Crippen LogP contribution in [0.4, 0.5) is 0 Å². The average Bonchev–Trinajstić information content (AvgIpc) is 2.68. The van der Waals surface area contributed by atoms with Gasteiger partial charge in [-0.2, -0.15) is 0 Å². The number of hydrogen-bond acceptors (Lipinski definition) is 5. The second-order valence-electron chi connectivity index (χ2n) is 9.18. The number of likely N-dealkylation sites (N-methyl/N-ethyl adjacent to an activating group) is 2. The maximum absolute atomic E-state index is 13.7. The topological polar surface area (TPSA) is 49.3 Å². The molecule has 0 aliphatic heterocycles. The number of ketones is 1. The van der Waals surface area contributed by atoms with Crippen LogP contribution in [0.3, 0.4) is 0 Å². The van der Waals surface area contributed by atoms with Gasteiger partial charge in [0.15, 0.2) is 0 Å². The molecule has 4 atom stereocenters. The SMILES string of the molecule is Cc1cc(C(CN(C)C)C(C)C(=O)C(C)C(CN(C)C)c2ccnc(C)c2)ccn1. The first-order valence-electron chi connectivity index (χ1n) is 10.8. The fourth-order valence-electron chi connectivity index (χ4n) is 4.30. The molecule has 0 radical (unpaired) electrons. The molecule has 0 saturated carbocycles. The van der Waals surface area contributed by atoms with Crippen molar-refractivity contribution in [1.82, 2.24) is 19.8 Å². The van der Waals surface area contributed by atoms with Gasteiger partial charge in [0.1, 0.15) is 5.78 Å². The van der Waals surface area contributed by atoms with Crippen LogP contribution < -0.4 is 0 Å². The van der Waals surface area contributed by atoms with E-state index >= 15 is 0 Å². The Morgan fingerprint density at radius 1 is 0.800 bits per heavy atom. The van der Waals surface area contributed by atoms with Crippen LogP contribution in [-0.2, 0) is 4.79 Å². The summed E-state index contributed by atoms with van der Waals surface area (Å²) in [5.41, 5.74) is 4.35. The molecule has 164 valence electrons. The molecule has 4 unspecified atom stereocenters. The summed E-state index contributed by atoms with van der Waals surface area (Å²) in [6, 6.07) is 8.34. The highest BCUT2D eigenvalue weighted by molar-refractivity contribution is 5.84. The molecule has 0 amide bonds. The van der Waals surface area contributed by atoms with Crippen molar-refractivity contribution in [2.45, 2.75) is 39.5 Å². The summed E-state index contributed by atoms with van der Waals surface area (Å²) in [6.07, 6.45) is 3.70. The van der Waals surface area contributed by atoms with Crippen LogP contribution in [0, 0.1) is 25.7 Å². The maximum Gasteiger partial charge on any atom is 0.139 e. The summed E-state index contributed by atoms with van der Waals surface area (Å²) >= 11 is 0. The lowest BCUT2D eigenvalue weighted by molar-refractivity contribution is -0.127. The molecule has 2 aromatic rings. The van der Waals surface area contributed by atoms with Crippen molar-refractivity contribution in [2.75, 3.05) is 41.3 Å². The number of aromatic nitrogens is 2. The van der Waals surface area contributed by atoms with E-state index in [2.05, 4.69) is 86.1 Å². The van der Waals surface area contributed by atoms with Gasteiger partial charge < -0.3 is 9.80 Å². The molecule has 30 heavy (non-hydrogen) atoms. The summed E-state index contributed by atoms with van der Waals surface area (Å²) in [7, 11) is 8.26. The smallest absolute Gasteiger partial charge is 0.139 e. The molecule has 0 aliphatic rings. The molecule has 0 aliphatic carbocycles. The third-order valence-corrected chi connectivity index (χ3v) is 5.93. The molecule has 0 fully saturated rings. The van der Waals surface area contributed by atoms with Gasteiger partial charge in [0.2, 0.25) is 0 Å². The highest BCUT2D eigenvalue weighted by Crippen LogP contribution is 2.33. The minimum atomic E-state index is -0.0863. The zero-order valence-corrected chi connectivity index (χ0v) is 19.9. The molecule has 0 bridgehead atoms. The standard InChI is InChI=1S/C25H38N4O/c1-17-13-21(9-11-26-17)23(15-28(5)6)19(3)25(30)20(4)24(16-29(7)8)22-10-12-27-18(2)14-22/h9-14,19-20,23-24H,15-16H2,1-8H3. The van der Waals surface area contributed by atoms with Crippen molar-refractivity contribution in [2.24, 2.45) is 11.8 Å². The first kappa shape index (κ1) is 24.2. The lowest BCUT2D eigenvalue weighted by Gasteiger charge is -2.32. The van der Waals surface area contributed by atoms with Crippen LogP contribution in [0.1, 0.15) is 48.2 Å². The van der Waals surface area contributed by atoms with Crippen molar-refractivity contribution < 1.29 is 4.79 Å². The number of aryl methyl sites for hydroxylation is 2. The Hall–Kier alpha value is -2.11. The number of rotatable bonds is 10. The number of carbonyl (C=O) groups is 1. The second kappa shape index (κ2) is 10.8. The fourth-order valence-corrected chi connectivity index (χ4v) is 4.30. The van der Waals surface area contributed by atoms with Gasteiger partial charge in [-0.3, -0.25) is 14.8 Å². The quantitative estimate of drug-likeness (QED) is 0.594. The lowest BCUT2D eigenvalue weighted by Crippen LogP contribution is -2.36. The summed E-state index contributed by atoms with van der Waals surface area (Å²) < 4.78 is 0. The first-order chi connectivity index (χ1) is 14.1. The predicted octanol–water partition coefficient (Wildman–Crippen LogP) is 3.93. The van der Waals surface area contributed by atoms with Crippen LogP contribution in [0.25, 0.3) is 0 Å². The summed E-state index contributed by atoms with van der Waals surface area (Å²) in [6.45, 7) is 9.85. The van der Waals surface area contributed by atoms with Crippen molar-refractivity contribution in [3.05, 3.63) is 59.2 Å². The van der Waals surface area contributed by atoms with E-state index in [1.54, 1.807) is 0 Å². The third kappa shape index (κ3) is 6.44. The molecule has 0 spiro atoms. The van der Waals surface area contributed by atoms with Gasteiger partial charge in [0.05, 0.1) is 0 Å². The Labute approximate surface area is 182 Å². The van der Waals surface area contributed by atoms with Crippen LogP contribution >= 0.6 is 0 Å². The van der Waals surface area contributed by atoms with E-state index in [9.17, 15) is 4.79 Å². The van der Waals surface area contributed by atoms with Crippen molar-refractivity contribution in [1.29, 1.82) is 0 Å². The number of carbonyl (C=O) groups excluding carboxylic acids is 1. The lowest BCUT2D eigenvalue weighted by atomic mass is 9.75. The van der Waals surface area contributed by atoms with E-state index in [4.69, 9.17) is 0 Å². The normalized spacial score (nSPS) is 15.8. The molecule has 2 heterocycles. The fraction of sp³-hybridized carbons (Fsp3) is 0.560. The molecule has 2 rings (SSSR count). The van der Waals surface area contributed by atoms with Gasteiger partial charge in [0, 0.05) is 60.5 Å². The van der Waals surface area contributed by atoms with Gasteiger partial charge in [-0.1, -0.05) is 13.8 Å². The molecule has 0 aromatic carbocycles. The third-order valence-electron chi connectivity index (χ3n) is 5.93. The Morgan fingerprint density at radius 2 is 1.17 bits per heavy atom. The van der Waals surface area contributed by atoms with Gasteiger partial charge in [-0.05, 0) is 77.4 Å². The zero-order chi connectivity index (χ0) is 22.4. The van der Waals surface area contributed by atoms with Crippen LogP contribution in [0.5, 0.6) is 0 Å². The number of hydrogen-bond donors (Lipinski definition) is 0. The van der Waals surface area contributed by atoms with E-state index in [0.29, 0.717) is 5.78 Å². The van der Waals surface area contributed by atoms with Gasteiger partial charge >= 0.3 is 0 Å². The van der Waals surface area contributed by atoms with E-state index in [1.165, 1.54) is 11.1 Å². The molecular weight excluding hydrogens is 372 g/mol. The molecule has 2 aromatic heterocycles. The summed E-state index contributed by atoms with van der Waals surface area (Å²) in [5, 5.41) is 0. The average molecular weight is 411 g/mol. The van der Waals surface area contributed by atoms with Crippen molar-refractivity contribution in [3.63, 3.8) is 0 Å². The Morgan fingerprint density at radius 3 is 1.47 bits per heavy atom.